The maximum Gasteiger partial charge on any atom is 0.253 e. The first-order chi connectivity index (χ1) is 12.7. The summed E-state index contributed by atoms with van der Waals surface area (Å²) in [5.41, 5.74) is 2.84. The third-order valence-corrected chi connectivity index (χ3v) is 4.90. The van der Waals surface area contributed by atoms with Gasteiger partial charge in [-0.3, -0.25) is 4.79 Å². The number of anilines is 2. The average Bonchev–Trinajstić information content (AvgIpc) is 2.72. The molecular formula is C20H24ClN3O2. The van der Waals surface area contributed by atoms with Crippen LogP contribution in [0.25, 0.3) is 0 Å². The molecule has 1 amide bonds. The minimum Gasteiger partial charge on any atom is -0.390 e. The van der Waals surface area contributed by atoms with Crippen molar-refractivity contribution in [2.75, 3.05) is 48.8 Å². The molecule has 0 spiro atoms. The molecule has 1 saturated heterocycles. The number of halogens is 1. The van der Waals surface area contributed by atoms with Gasteiger partial charge >= 0.3 is 0 Å². The van der Waals surface area contributed by atoms with Crippen molar-refractivity contribution in [2.45, 2.75) is 6.10 Å². The molecule has 2 N–H and O–H groups in total. The first-order valence-corrected chi connectivity index (χ1v) is 9.38. The van der Waals surface area contributed by atoms with E-state index in [1.807, 2.05) is 47.4 Å². The van der Waals surface area contributed by atoms with Crippen LogP contribution in [0.4, 0.5) is 11.4 Å². The van der Waals surface area contributed by atoms with Gasteiger partial charge in [-0.25, -0.2) is 0 Å². The molecule has 0 radical (unpaired) electrons. The van der Waals surface area contributed by atoms with Crippen LogP contribution in [0.2, 0.25) is 0 Å². The lowest BCUT2D eigenvalue weighted by Gasteiger charge is -2.36. The number of nitrogens with zero attached hydrogens (tertiary/aromatic N) is 2. The van der Waals surface area contributed by atoms with Crippen LogP contribution in [0, 0.1) is 0 Å². The molecule has 1 fully saturated rings. The van der Waals surface area contributed by atoms with Crippen molar-refractivity contribution in [1.82, 2.24) is 4.90 Å². The van der Waals surface area contributed by atoms with Gasteiger partial charge in [-0.15, -0.1) is 11.6 Å². The van der Waals surface area contributed by atoms with E-state index in [4.69, 9.17) is 11.6 Å². The van der Waals surface area contributed by atoms with E-state index in [1.165, 1.54) is 0 Å². The number of hydrogen-bond acceptors (Lipinski definition) is 4. The number of piperazine rings is 1. The Bertz CT molecular complexity index is 701. The second kappa shape index (κ2) is 8.92. The first kappa shape index (κ1) is 18.5. The Balaban J connectivity index is 1.52. The van der Waals surface area contributed by atoms with Crippen molar-refractivity contribution in [3.05, 3.63) is 60.2 Å². The number of alkyl halides is 1. The van der Waals surface area contributed by atoms with Crippen molar-refractivity contribution in [3.8, 4) is 0 Å². The normalized spacial score (nSPS) is 15.6. The van der Waals surface area contributed by atoms with Crippen LogP contribution in [0.15, 0.2) is 54.6 Å². The van der Waals surface area contributed by atoms with Gasteiger partial charge in [0.1, 0.15) is 0 Å². The Labute approximate surface area is 159 Å². The molecule has 1 heterocycles. The van der Waals surface area contributed by atoms with Gasteiger partial charge in [-0.1, -0.05) is 18.2 Å². The third kappa shape index (κ3) is 4.68. The molecule has 138 valence electrons. The van der Waals surface area contributed by atoms with Gasteiger partial charge in [0.15, 0.2) is 0 Å². The highest BCUT2D eigenvalue weighted by Gasteiger charge is 2.22. The van der Waals surface area contributed by atoms with Crippen LogP contribution in [0.5, 0.6) is 0 Å². The highest BCUT2D eigenvalue weighted by Crippen LogP contribution is 2.20. The molecule has 0 aliphatic carbocycles. The second-order valence-corrected chi connectivity index (χ2v) is 6.69. The van der Waals surface area contributed by atoms with E-state index in [-0.39, 0.29) is 11.8 Å². The summed E-state index contributed by atoms with van der Waals surface area (Å²) in [7, 11) is 0. The maximum absolute atomic E-state index is 12.5. The van der Waals surface area contributed by atoms with Crippen LogP contribution in [0.3, 0.4) is 0 Å². The van der Waals surface area contributed by atoms with Gasteiger partial charge in [-0.2, -0.15) is 0 Å². The van der Waals surface area contributed by atoms with Crippen LogP contribution in [0.1, 0.15) is 10.4 Å². The predicted molar refractivity (Wildman–Crippen MR) is 106 cm³/mol. The molecule has 5 nitrogen and oxygen atoms in total. The fourth-order valence-electron chi connectivity index (χ4n) is 3.01. The summed E-state index contributed by atoms with van der Waals surface area (Å²) in [6.45, 7) is 3.50. The van der Waals surface area contributed by atoms with E-state index >= 15 is 0 Å². The molecule has 6 heteroatoms. The maximum atomic E-state index is 12.5. The zero-order valence-electron chi connectivity index (χ0n) is 14.6. The second-order valence-electron chi connectivity index (χ2n) is 6.38. The van der Waals surface area contributed by atoms with E-state index in [0.717, 1.165) is 43.1 Å². The molecule has 1 atom stereocenters. The van der Waals surface area contributed by atoms with Crippen molar-refractivity contribution in [2.24, 2.45) is 0 Å². The highest BCUT2D eigenvalue weighted by atomic mass is 35.5. The Morgan fingerprint density at radius 2 is 1.69 bits per heavy atom. The number of nitrogens with one attached hydrogen (secondary N) is 1. The first-order valence-electron chi connectivity index (χ1n) is 8.84. The van der Waals surface area contributed by atoms with Crippen LogP contribution < -0.4 is 10.2 Å². The zero-order chi connectivity index (χ0) is 18.4. The number of hydrogen-bond donors (Lipinski definition) is 2. The van der Waals surface area contributed by atoms with Gasteiger partial charge in [0, 0.05) is 49.7 Å². The number of carbonyl (C=O) groups is 1. The molecule has 0 saturated carbocycles. The van der Waals surface area contributed by atoms with Crippen molar-refractivity contribution < 1.29 is 9.90 Å². The minimum atomic E-state index is -0.549. The van der Waals surface area contributed by atoms with E-state index < -0.39 is 6.10 Å². The summed E-state index contributed by atoms with van der Waals surface area (Å²) in [5.74, 6) is 0.319. The molecule has 3 rings (SSSR count). The molecule has 1 unspecified atom stereocenters. The Hall–Kier alpha value is -2.24. The largest absolute Gasteiger partial charge is 0.390 e. The standard InChI is InChI=1S/C20H24ClN3O2/c21-14-19(25)15-22-17-6-8-18(9-7-17)23-10-12-24(13-11-23)20(26)16-4-2-1-3-5-16/h1-9,19,22,25H,10-15H2. The van der Waals surface area contributed by atoms with Crippen LogP contribution >= 0.6 is 11.6 Å². The van der Waals surface area contributed by atoms with Gasteiger partial charge in [0.2, 0.25) is 0 Å². The lowest BCUT2D eigenvalue weighted by molar-refractivity contribution is 0.0747. The molecular weight excluding hydrogens is 350 g/mol. The number of aliphatic hydroxyl groups is 1. The molecule has 26 heavy (non-hydrogen) atoms. The van der Waals surface area contributed by atoms with Crippen molar-refractivity contribution >= 4 is 28.9 Å². The average molecular weight is 374 g/mol. The van der Waals surface area contributed by atoms with Crippen molar-refractivity contribution in [3.63, 3.8) is 0 Å². The van der Waals surface area contributed by atoms with E-state index in [2.05, 4.69) is 22.3 Å². The summed E-state index contributed by atoms with van der Waals surface area (Å²) in [5, 5.41) is 12.7. The van der Waals surface area contributed by atoms with E-state index in [0.29, 0.717) is 6.54 Å². The summed E-state index contributed by atoms with van der Waals surface area (Å²) >= 11 is 5.59. The zero-order valence-corrected chi connectivity index (χ0v) is 15.4. The number of amides is 1. The lowest BCUT2D eigenvalue weighted by atomic mass is 10.1. The predicted octanol–water partition coefficient (Wildman–Crippen LogP) is 2.66. The van der Waals surface area contributed by atoms with Crippen LogP contribution in [-0.4, -0.2) is 60.6 Å². The number of rotatable bonds is 6. The minimum absolute atomic E-state index is 0.0997. The number of benzene rings is 2. The van der Waals surface area contributed by atoms with Crippen LogP contribution in [-0.2, 0) is 0 Å². The van der Waals surface area contributed by atoms with E-state index in [9.17, 15) is 9.90 Å². The Kier molecular flexibility index (Phi) is 6.36. The fraction of sp³-hybridized carbons (Fsp3) is 0.350. The molecule has 2 aromatic rings. The molecule has 0 aromatic heterocycles. The SMILES string of the molecule is O=C(c1ccccc1)N1CCN(c2ccc(NCC(O)CCl)cc2)CC1. The van der Waals surface area contributed by atoms with Crippen molar-refractivity contribution in [1.29, 1.82) is 0 Å². The number of aliphatic hydroxyl groups excluding tert-OH is 1. The highest BCUT2D eigenvalue weighted by molar-refractivity contribution is 6.18. The topological polar surface area (TPSA) is 55.8 Å². The third-order valence-electron chi connectivity index (χ3n) is 4.54. The van der Waals surface area contributed by atoms with Gasteiger partial charge in [0.05, 0.1) is 12.0 Å². The summed E-state index contributed by atoms with van der Waals surface area (Å²) in [6.07, 6.45) is -0.549. The van der Waals surface area contributed by atoms with E-state index in [1.54, 1.807) is 0 Å². The lowest BCUT2D eigenvalue weighted by Crippen LogP contribution is -2.48. The Morgan fingerprint density at radius 3 is 2.31 bits per heavy atom. The molecule has 0 bridgehead atoms. The van der Waals surface area contributed by atoms with Gasteiger partial charge < -0.3 is 20.2 Å². The molecule has 1 aliphatic rings. The summed E-state index contributed by atoms with van der Waals surface area (Å²) in [4.78, 5) is 16.7. The molecule has 1 aliphatic heterocycles. The summed E-state index contributed by atoms with van der Waals surface area (Å²) < 4.78 is 0. The Morgan fingerprint density at radius 1 is 1.04 bits per heavy atom. The smallest absolute Gasteiger partial charge is 0.253 e. The molecule has 2 aromatic carbocycles. The summed E-state index contributed by atoms with van der Waals surface area (Å²) in [6, 6.07) is 17.5. The van der Waals surface area contributed by atoms with Gasteiger partial charge in [-0.05, 0) is 36.4 Å². The monoisotopic (exact) mass is 373 g/mol. The van der Waals surface area contributed by atoms with Gasteiger partial charge in [0.25, 0.3) is 5.91 Å². The quantitative estimate of drug-likeness (QED) is 0.764. The number of carbonyl (C=O) groups excluding carboxylic acids is 1. The fourth-order valence-corrected chi connectivity index (χ4v) is 3.12.